The Balaban J connectivity index is 1.99. The zero-order valence-corrected chi connectivity index (χ0v) is 19.6. The molecule has 6 heteroatoms. The molecule has 2 radical (unpaired) electrons. The summed E-state index contributed by atoms with van der Waals surface area (Å²) in [6.07, 6.45) is 4.63. The van der Waals surface area contributed by atoms with Gasteiger partial charge in [-0.1, -0.05) is 87.4 Å². The molecule has 1 aliphatic rings. The molecule has 0 aromatic heterocycles. The summed E-state index contributed by atoms with van der Waals surface area (Å²) in [7, 11) is 3.36. The van der Waals surface area contributed by atoms with Gasteiger partial charge in [0.2, 0.25) is 0 Å². The third-order valence-corrected chi connectivity index (χ3v) is 10.8. The van der Waals surface area contributed by atoms with Gasteiger partial charge in [-0.3, -0.25) is 4.79 Å². The van der Waals surface area contributed by atoms with Gasteiger partial charge < -0.3 is 13.9 Å². The van der Waals surface area contributed by atoms with Crippen LogP contribution in [0.1, 0.15) is 27.7 Å². The molecule has 2 aromatic carbocycles. The molecule has 0 amide bonds. The van der Waals surface area contributed by atoms with E-state index >= 15 is 0 Å². The highest BCUT2D eigenvalue weighted by atomic mass is 28.4. The minimum absolute atomic E-state index is 0.169. The van der Waals surface area contributed by atoms with Crippen molar-refractivity contribution in [2.45, 2.75) is 50.9 Å². The van der Waals surface area contributed by atoms with Crippen LogP contribution in [-0.4, -0.2) is 47.0 Å². The van der Waals surface area contributed by atoms with Crippen molar-refractivity contribution in [2.75, 3.05) is 6.61 Å². The first-order valence-corrected chi connectivity index (χ1v) is 12.4. The van der Waals surface area contributed by atoms with Gasteiger partial charge in [0.1, 0.15) is 14.0 Å². The first-order chi connectivity index (χ1) is 14.7. The molecule has 1 aliphatic heterocycles. The SMILES string of the molecule is [B]C1OC(CO[Si](c2ccccc2)(c2ccccc2)C(C)(C)C)C(C#C)C1OC(C)=O. The minimum Gasteiger partial charge on any atom is -0.459 e. The van der Waals surface area contributed by atoms with Gasteiger partial charge in [0.25, 0.3) is 8.32 Å². The standard InChI is InChI=1S/C25H29BO4Si/c1-6-21-22(30-24(26)23(21)29-18(2)27)17-28-31(25(3,4)5,19-13-9-7-10-14-19)20-15-11-8-12-16-20/h1,7-16,21-24H,17H2,2-5H3. The van der Waals surface area contributed by atoms with E-state index in [1.807, 2.05) is 36.4 Å². The Morgan fingerprint density at radius 3 is 2.03 bits per heavy atom. The molecule has 31 heavy (non-hydrogen) atoms. The highest BCUT2D eigenvalue weighted by Crippen LogP contribution is 2.38. The van der Waals surface area contributed by atoms with Crippen molar-refractivity contribution in [1.29, 1.82) is 0 Å². The first-order valence-electron chi connectivity index (χ1n) is 10.5. The van der Waals surface area contributed by atoms with E-state index in [0.717, 1.165) is 0 Å². The summed E-state index contributed by atoms with van der Waals surface area (Å²) in [5.41, 5.74) is 0. The summed E-state index contributed by atoms with van der Waals surface area (Å²) in [4.78, 5) is 11.5. The van der Waals surface area contributed by atoms with Gasteiger partial charge in [0.05, 0.1) is 24.6 Å². The average molecular weight is 432 g/mol. The summed E-state index contributed by atoms with van der Waals surface area (Å²) in [5.74, 6) is 1.80. The summed E-state index contributed by atoms with van der Waals surface area (Å²) < 4.78 is 18.2. The smallest absolute Gasteiger partial charge is 0.303 e. The Kier molecular flexibility index (Phi) is 7.10. The molecular weight excluding hydrogens is 403 g/mol. The highest BCUT2D eigenvalue weighted by molar-refractivity contribution is 6.99. The number of hydrogen-bond donors (Lipinski definition) is 0. The van der Waals surface area contributed by atoms with E-state index in [1.54, 1.807) is 0 Å². The lowest BCUT2D eigenvalue weighted by molar-refractivity contribution is -0.148. The third-order valence-electron chi connectivity index (χ3n) is 5.79. The average Bonchev–Trinajstić information content (AvgIpc) is 3.03. The van der Waals surface area contributed by atoms with Crippen LogP contribution in [0.2, 0.25) is 5.04 Å². The molecule has 4 atom stereocenters. The van der Waals surface area contributed by atoms with Crippen molar-refractivity contribution >= 4 is 32.5 Å². The second-order valence-corrected chi connectivity index (χ2v) is 13.2. The molecule has 0 spiro atoms. The van der Waals surface area contributed by atoms with E-state index in [0.29, 0.717) is 0 Å². The van der Waals surface area contributed by atoms with E-state index in [-0.39, 0.29) is 11.6 Å². The molecule has 0 saturated carbocycles. The first kappa shape index (κ1) is 23.3. The van der Waals surface area contributed by atoms with Crippen molar-refractivity contribution in [3.8, 4) is 12.3 Å². The molecule has 1 saturated heterocycles. The Hall–Kier alpha value is -2.33. The fourth-order valence-corrected chi connectivity index (χ4v) is 9.00. The fourth-order valence-electron chi connectivity index (χ4n) is 4.43. The maximum atomic E-state index is 11.5. The number of esters is 1. The molecular formula is C25H29BO4Si. The monoisotopic (exact) mass is 432 g/mol. The maximum absolute atomic E-state index is 11.5. The number of rotatable bonds is 6. The van der Waals surface area contributed by atoms with Crippen LogP contribution in [0, 0.1) is 18.3 Å². The molecule has 4 unspecified atom stereocenters. The zero-order chi connectivity index (χ0) is 22.6. The summed E-state index contributed by atoms with van der Waals surface area (Å²) in [6.45, 7) is 8.22. The van der Waals surface area contributed by atoms with Crippen LogP contribution in [-0.2, 0) is 18.7 Å². The maximum Gasteiger partial charge on any atom is 0.303 e. The Labute approximate surface area is 187 Å². The van der Waals surface area contributed by atoms with E-state index in [4.69, 9.17) is 28.2 Å². The van der Waals surface area contributed by atoms with Gasteiger partial charge in [0.15, 0.2) is 0 Å². The number of carbonyl (C=O) groups excluding carboxylic acids is 1. The van der Waals surface area contributed by atoms with E-state index in [2.05, 4.69) is 51.0 Å². The van der Waals surface area contributed by atoms with Crippen LogP contribution < -0.4 is 10.4 Å². The topological polar surface area (TPSA) is 44.8 Å². The van der Waals surface area contributed by atoms with Crippen LogP contribution in [0.5, 0.6) is 0 Å². The second-order valence-electron chi connectivity index (χ2n) is 8.88. The summed E-state index contributed by atoms with van der Waals surface area (Å²) >= 11 is 0. The molecule has 1 fully saturated rings. The Bertz CT molecular complexity index is 881. The summed E-state index contributed by atoms with van der Waals surface area (Å²) in [5, 5.41) is 2.17. The van der Waals surface area contributed by atoms with E-state index < -0.39 is 38.4 Å². The van der Waals surface area contributed by atoms with Crippen LogP contribution in [0.25, 0.3) is 0 Å². The predicted molar refractivity (Wildman–Crippen MR) is 126 cm³/mol. The Morgan fingerprint density at radius 2 is 1.61 bits per heavy atom. The predicted octanol–water partition coefficient (Wildman–Crippen LogP) is 2.64. The van der Waals surface area contributed by atoms with Crippen molar-refractivity contribution in [3.05, 3.63) is 60.7 Å². The third kappa shape index (κ3) is 4.64. The largest absolute Gasteiger partial charge is 0.459 e. The lowest BCUT2D eigenvalue weighted by Crippen LogP contribution is -2.67. The summed E-state index contributed by atoms with van der Waals surface area (Å²) in [6, 6.07) is 19.9. The van der Waals surface area contributed by atoms with Gasteiger partial charge in [-0.05, 0) is 15.4 Å². The molecule has 160 valence electrons. The minimum atomic E-state index is -2.73. The van der Waals surface area contributed by atoms with Crippen molar-refractivity contribution < 1.29 is 18.7 Å². The molecule has 0 aliphatic carbocycles. The van der Waals surface area contributed by atoms with Crippen LogP contribution in [0.15, 0.2) is 60.7 Å². The lowest BCUT2D eigenvalue weighted by Gasteiger charge is -2.43. The molecule has 2 aromatic rings. The van der Waals surface area contributed by atoms with Crippen LogP contribution in [0.4, 0.5) is 0 Å². The van der Waals surface area contributed by atoms with Gasteiger partial charge in [-0.25, -0.2) is 0 Å². The molecule has 3 rings (SSSR count). The second kappa shape index (κ2) is 9.44. The van der Waals surface area contributed by atoms with Gasteiger partial charge >= 0.3 is 5.97 Å². The molecule has 1 heterocycles. The van der Waals surface area contributed by atoms with E-state index in [1.165, 1.54) is 17.3 Å². The quantitative estimate of drug-likeness (QED) is 0.400. The van der Waals surface area contributed by atoms with Gasteiger partial charge in [-0.2, -0.15) is 0 Å². The van der Waals surface area contributed by atoms with Crippen molar-refractivity contribution in [2.24, 2.45) is 5.92 Å². The van der Waals surface area contributed by atoms with Crippen molar-refractivity contribution in [3.63, 3.8) is 0 Å². The normalized spacial score (nSPS) is 23.8. The number of hydrogen-bond acceptors (Lipinski definition) is 4. The highest BCUT2D eigenvalue weighted by Gasteiger charge is 2.52. The fraction of sp³-hybridized carbons (Fsp3) is 0.400. The molecule has 4 nitrogen and oxygen atoms in total. The number of ether oxygens (including phenoxy) is 2. The van der Waals surface area contributed by atoms with Crippen LogP contribution in [0.3, 0.4) is 0 Å². The molecule has 0 N–H and O–H groups in total. The zero-order valence-electron chi connectivity index (χ0n) is 18.6. The molecule has 0 bridgehead atoms. The van der Waals surface area contributed by atoms with Crippen molar-refractivity contribution in [1.82, 2.24) is 0 Å². The van der Waals surface area contributed by atoms with E-state index in [9.17, 15) is 4.79 Å². The van der Waals surface area contributed by atoms with Gasteiger partial charge in [-0.15, -0.1) is 6.42 Å². The lowest BCUT2D eigenvalue weighted by atomic mass is 9.88. The number of terminal acetylenes is 1. The van der Waals surface area contributed by atoms with Gasteiger partial charge in [0, 0.05) is 6.92 Å². The number of carbonyl (C=O) groups is 1. The van der Waals surface area contributed by atoms with Crippen LogP contribution >= 0.6 is 0 Å². The Morgan fingerprint density at radius 1 is 1.10 bits per heavy atom. The number of benzene rings is 2.